The zero-order valence-corrected chi connectivity index (χ0v) is 8.99. The standard InChI is InChI=1S/C9H6ClNO3S/c10-8-6-11-9(15(8,12)13)14-7-4-2-1-3-5-7/h1-6H. The first kappa shape index (κ1) is 10.2. The van der Waals surface area contributed by atoms with E-state index in [-0.39, 0.29) is 4.36 Å². The lowest BCUT2D eigenvalue weighted by atomic mass is 10.3. The van der Waals surface area contributed by atoms with E-state index in [9.17, 15) is 8.42 Å². The average molecular weight is 244 g/mol. The Bertz CT molecular complexity index is 534. The van der Waals surface area contributed by atoms with Gasteiger partial charge >= 0.3 is 5.23 Å². The zero-order chi connectivity index (χ0) is 10.9. The second kappa shape index (κ2) is 3.67. The number of nitrogens with zero attached hydrogens (tertiary/aromatic N) is 1. The van der Waals surface area contributed by atoms with E-state index in [4.69, 9.17) is 16.3 Å². The van der Waals surface area contributed by atoms with Crippen molar-refractivity contribution in [2.75, 3.05) is 0 Å². The third-order valence-corrected chi connectivity index (χ3v) is 3.68. The van der Waals surface area contributed by atoms with Crippen molar-refractivity contribution in [3.05, 3.63) is 40.9 Å². The molecular formula is C9H6ClNO3S. The fourth-order valence-electron chi connectivity index (χ4n) is 0.996. The van der Waals surface area contributed by atoms with Crippen LogP contribution < -0.4 is 4.74 Å². The molecule has 6 heteroatoms. The third-order valence-electron chi connectivity index (χ3n) is 1.71. The predicted octanol–water partition coefficient (Wildman–Crippen LogP) is 1.89. The Kier molecular flexibility index (Phi) is 2.50. The molecule has 0 atom stereocenters. The van der Waals surface area contributed by atoms with Gasteiger partial charge in [0.1, 0.15) is 5.75 Å². The first-order chi connectivity index (χ1) is 7.10. The fraction of sp³-hybridized carbons (Fsp3) is 0. The molecule has 0 fully saturated rings. The molecule has 0 aromatic heterocycles. The first-order valence-electron chi connectivity index (χ1n) is 4.02. The molecular weight excluding hydrogens is 238 g/mol. The molecule has 0 saturated carbocycles. The molecule has 0 radical (unpaired) electrons. The highest BCUT2D eigenvalue weighted by Crippen LogP contribution is 2.22. The summed E-state index contributed by atoms with van der Waals surface area (Å²) < 4.78 is 27.6. The Labute approximate surface area is 91.8 Å². The summed E-state index contributed by atoms with van der Waals surface area (Å²) >= 11 is 5.44. The van der Waals surface area contributed by atoms with E-state index in [1.807, 2.05) is 0 Å². The Morgan fingerprint density at radius 1 is 1.20 bits per heavy atom. The number of sulfone groups is 1. The van der Waals surface area contributed by atoms with E-state index in [1.165, 1.54) is 0 Å². The van der Waals surface area contributed by atoms with Crippen LogP contribution in [0.2, 0.25) is 0 Å². The van der Waals surface area contributed by atoms with Gasteiger partial charge in [-0.2, -0.15) is 0 Å². The van der Waals surface area contributed by atoms with E-state index in [1.54, 1.807) is 30.3 Å². The number of aliphatic imine (C=N–C) groups is 1. The SMILES string of the molecule is O=S1(=O)C(Cl)=CN=C1Oc1ccccc1. The van der Waals surface area contributed by atoms with Crippen molar-refractivity contribution in [2.45, 2.75) is 0 Å². The van der Waals surface area contributed by atoms with Crippen molar-refractivity contribution in [2.24, 2.45) is 4.99 Å². The van der Waals surface area contributed by atoms with Crippen LogP contribution in [0, 0.1) is 0 Å². The summed E-state index contributed by atoms with van der Waals surface area (Å²) in [5, 5.41) is -0.390. The molecule has 1 aliphatic heterocycles. The predicted molar refractivity (Wildman–Crippen MR) is 57.4 cm³/mol. The van der Waals surface area contributed by atoms with Crippen molar-refractivity contribution in [3.63, 3.8) is 0 Å². The number of hydrogen-bond acceptors (Lipinski definition) is 4. The normalized spacial score (nSPS) is 18.2. The zero-order valence-electron chi connectivity index (χ0n) is 7.42. The summed E-state index contributed by atoms with van der Waals surface area (Å²) in [5.41, 5.74) is 0. The lowest BCUT2D eigenvalue weighted by molar-refractivity contribution is 0.550. The quantitative estimate of drug-likeness (QED) is 0.757. The first-order valence-corrected chi connectivity index (χ1v) is 5.88. The van der Waals surface area contributed by atoms with Gasteiger partial charge in [0.2, 0.25) is 0 Å². The summed E-state index contributed by atoms with van der Waals surface area (Å²) in [4.78, 5) is 3.58. The molecule has 15 heavy (non-hydrogen) atoms. The van der Waals surface area contributed by atoms with Crippen LogP contribution in [0.15, 0.2) is 45.9 Å². The van der Waals surface area contributed by atoms with Gasteiger partial charge in [-0.05, 0) is 12.1 Å². The summed E-state index contributed by atoms with van der Waals surface area (Å²) in [6.07, 6.45) is 1.05. The van der Waals surface area contributed by atoms with Gasteiger partial charge in [-0.1, -0.05) is 29.8 Å². The molecule has 4 nitrogen and oxygen atoms in total. The maximum atomic E-state index is 11.4. The van der Waals surface area contributed by atoms with Crippen molar-refractivity contribution >= 4 is 26.7 Å². The minimum Gasteiger partial charge on any atom is -0.430 e. The summed E-state index contributed by atoms with van der Waals surface area (Å²) in [5.74, 6) is 0.402. The van der Waals surface area contributed by atoms with Crippen molar-refractivity contribution in [3.8, 4) is 5.75 Å². The van der Waals surface area contributed by atoms with Crippen LogP contribution in [0.3, 0.4) is 0 Å². The van der Waals surface area contributed by atoms with E-state index < -0.39 is 15.1 Å². The molecule has 0 bridgehead atoms. The Morgan fingerprint density at radius 3 is 2.40 bits per heavy atom. The molecule has 1 heterocycles. The summed E-state index contributed by atoms with van der Waals surface area (Å²) in [6, 6.07) is 8.51. The summed E-state index contributed by atoms with van der Waals surface area (Å²) in [6.45, 7) is 0. The Hall–Kier alpha value is -1.33. The van der Waals surface area contributed by atoms with Gasteiger partial charge in [0.25, 0.3) is 9.84 Å². The summed E-state index contributed by atoms with van der Waals surface area (Å²) in [7, 11) is -3.71. The maximum absolute atomic E-state index is 11.4. The molecule has 1 aromatic rings. The third kappa shape index (κ3) is 1.88. The molecule has 2 rings (SSSR count). The smallest absolute Gasteiger partial charge is 0.321 e. The number of hydrogen-bond donors (Lipinski definition) is 0. The van der Waals surface area contributed by atoms with Crippen LogP contribution in [0.1, 0.15) is 0 Å². The molecule has 0 spiro atoms. The second-order valence-corrected chi connectivity index (χ2v) is 5.17. The maximum Gasteiger partial charge on any atom is 0.321 e. The molecule has 0 saturated heterocycles. The molecule has 0 aliphatic carbocycles. The van der Waals surface area contributed by atoms with Gasteiger partial charge in [0, 0.05) is 0 Å². The van der Waals surface area contributed by atoms with Crippen molar-refractivity contribution < 1.29 is 13.2 Å². The Morgan fingerprint density at radius 2 is 1.87 bits per heavy atom. The minimum absolute atomic E-state index is 0.326. The van der Waals surface area contributed by atoms with Crippen LogP contribution in [0.25, 0.3) is 0 Å². The number of halogens is 1. The Balaban J connectivity index is 2.25. The van der Waals surface area contributed by atoms with Crippen LogP contribution in [0.4, 0.5) is 0 Å². The van der Waals surface area contributed by atoms with Gasteiger partial charge in [-0.3, -0.25) is 0 Å². The van der Waals surface area contributed by atoms with E-state index in [2.05, 4.69) is 4.99 Å². The van der Waals surface area contributed by atoms with Gasteiger partial charge < -0.3 is 4.74 Å². The monoisotopic (exact) mass is 243 g/mol. The highest BCUT2D eigenvalue weighted by Gasteiger charge is 2.30. The lowest BCUT2D eigenvalue weighted by Crippen LogP contribution is -2.17. The molecule has 1 aromatic carbocycles. The highest BCUT2D eigenvalue weighted by molar-refractivity contribution is 8.10. The number of rotatable bonds is 1. The molecule has 0 N–H and O–H groups in total. The number of benzene rings is 1. The van der Waals surface area contributed by atoms with Gasteiger partial charge in [0.15, 0.2) is 4.36 Å². The highest BCUT2D eigenvalue weighted by atomic mass is 35.5. The second-order valence-electron chi connectivity index (χ2n) is 2.75. The molecule has 0 amide bonds. The van der Waals surface area contributed by atoms with Crippen molar-refractivity contribution in [1.82, 2.24) is 0 Å². The van der Waals surface area contributed by atoms with Gasteiger partial charge in [-0.25, -0.2) is 13.4 Å². The van der Waals surface area contributed by atoms with Crippen LogP contribution in [-0.2, 0) is 9.84 Å². The minimum atomic E-state index is -3.71. The van der Waals surface area contributed by atoms with Crippen LogP contribution in [0.5, 0.6) is 5.75 Å². The van der Waals surface area contributed by atoms with E-state index >= 15 is 0 Å². The number of para-hydroxylation sites is 1. The topological polar surface area (TPSA) is 55.7 Å². The molecule has 0 unspecified atom stereocenters. The van der Waals surface area contributed by atoms with Crippen molar-refractivity contribution in [1.29, 1.82) is 0 Å². The van der Waals surface area contributed by atoms with Gasteiger partial charge in [-0.15, -0.1) is 0 Å². The fourth-order valence-corrected chi connectivity index (χ4v) is 2.00. The van der Waals surface area contributed by atoms with E-state index in [0.29, 0.717) is 5.75 Å². The largest absolute Gasteiger partial charge is 0.430 e. The van der Waals surface area contributed by atoms with Crippen LogP contribution in [-0.4, -0.2) is 13.6 Å². The average Bonchev–Trinajstić information content (AvgIpc) is 2.47. The molecule has 1 aliphatic rings. The van der Waals surface area contributed by atoms with E-state index in [0.717, 1.165) is 6.20 Å². The van der Waals surface area contributed by atoms with Crippen LogP contribution >= 0.6 is 11.6 Å². The lowest BCUT2D eigenvalue weighted by Gasteiger charge is -2.03. The number of ether oxygens (including phenoxy) is 1. The molecule has 78 valence electrons. The van der Waals surface area contributed by atoms with Gasteiger partial charge in [0.05, 0.1) is 6.20 Å².